The number of benzene rings is 1. The van der Waals surface area contributed by atoms with Gasteiger partial charge in [0.1, 0.15) is 5.76 Å². The number of carbonyl (C=O) groups is 1. The summed E-state index contributed by atoms with van der Waals surface area (Å²) in [4.78, 5) is 10.8. The minimum absolute atomic E-state index is 0.256. The molecule has 0 unspecified atom stereocenters. The summed E-state index contributed by atoms with van der Waals surface area (Å²) in [5.41, 5.74) is 1.82. The number of anilines is 2. The zero-order valence-electron chi connectivity index (χ0n) is 8.73. The van der Waals surface area contributed by atoms with E-state index in [1.54, 1.807) is 36.6 Å². The third-order valence-electron chi connectivity index (χ3n) is 2.25. The van der Waals surface area contributed by atoms with Gasteiger partial charge in [-0.15, -0.1) is 0 Å². The molecule has 2 N–H and O–H groups in total. The normalized spacial score (nSPS) is 10.1. The van der Waals surface area contributed by atoms with Crippen LogP contribution in [0.5, 0.6) is 0 Å². The Kier molecular flexibility index (Phi) is 2.64. The van der Waals surface area contributed by atoms with Gasteiger partial charge in [0.15, 0.2) is 0 Å². The molecule has 16 heavy (non-hydrogen) atoms. The number of nitrogens with one attached hydrogen (secondary N) is 1. The van der Waals surface area contributed by atoms with E-state index in [-0.39, 0.29) is 5.56 Å². The molecule has 0 saturated heterocycles. The molecule has 2 aromatic rings. The summed E-state index contributed by atoms with van der Waals surface area (Å²) in [5, 5.41) is 11.9. The number of hydrogen-bond donors (Lipinski definition) is 2. The van der Waals surface area contributed by atoms with E-state index in [0.29, 0.717) is 0 Å². The van der Waals surface area contributed by atoms with E-state index < -0.39 is 5.97 Å². The zero-order valence-corrected chi connectivity index (χ0v) is 8.73. The Bertz CT molecular complexity index is 516. The van der Waals surface area contributed by atoms with Crippen LogP contribution in [0.4, 0.5) is 11.4 Å². The van der Waals surface area contributed by atoms with Gasteiger partial charge in [-0.3, -0.25) is 0 Å². The average Bonchev–Trinajstić information content (AvgIpc) is 2.65. The zero-order chi connectivity index (χ0) is 11.5. The molecule has 2 rings (SSSR count). The molecular formula is C12H11NO3. The molecule has 4 nitrogen and oxygen atoms in total. The largest absolute Gasteiger partial charge is 0.478 e. The lowest BCUT2D eigenvalue weighted by atomic mass is 10.2. The number of aromatic carboxylic acids is 1. The Morgan fingerprint density at radius 2 is 2.19 bits per heavy atom. The third-order valence-corrected chi connectivity index (χ3v) is 2.25. The maximum Gasteiger partial charge on any atom is 0.335 e. The molecule has 0 aliphatic carbocycles. The lowest BCUT2D eigenvalue weighted by molar-refractivity contribution is 0.0697. The van der Waals surface area contributed by atoms with E-state index >= 15 is 0 Å². The van der Waals surface area contributed by atoms with Gasteiger partial charge >= 0.3 is 5.97 Å². The summed E-state index contributed by atoms with van der Waals surface area (Å²) < 4.78 is 5.14. The van der Waals surface area contributed by atoms with Crippen LogP contribution in [0.2, 0.25) is 0 Å². The number of hydrogen-bond acceptors (Lipinski definition) is 3. The van der Waals surface area contributed by atoms with Crippen LogP contribution in [-0.4, -0.2) is 11.1 Å². The molecule has 82 valence electrons. The highest BCUT2D eigenvalue weighted by molar-refractivity contribution is 5.89. The van der Waals surface area contributed by atoms with Crippen molar-refractivity contribution in [2.45, 2.75) is 6.92 Å². The summed E-state index contributed by atoms with van der Waals surface area (Å²) in [6, 6.07) is 8.42. The van der Waals surface area contributed by atoms with Gasteiger partial charge < -0.3 is 14.8 Å². The summed E-state index contributed by atoms with van der Waals surface area (Å²) in [5.74, 6) is -0.173. The first kappa shape index (κ1) is 10.3. The van der Waals surface area contributed by atoms with Gasteiger partial charge in [-0.2, -0.15) is 0 Å². The Labute approximate surface area is 92.5 Å². The number of carboxylic acids is 1. The molecule has 0 radical (unpaired) electrons. The van der Waals surface area contributed by atoms with Crippen molar-refractivity contribution in [3.8, 4) is 0 Å². The van der Waals surface area contributed by atoms with Crippen LogP contribution in [0, 0.1) is 6.92 Å². The predicted octanol–water partition coefficient (Wildman–Crippen LogP) is 3.03. The van der Waals surface area contributed by atoms with Crippen LogP contribution in [-0.2, 0) is 0 Å². The average molecular weight is 217 g/mol. The van der Waals surface area contributed by atoms with Crippen LogP contribution in [0.1, 0.15) is 16.1 Å². The van der Waals surface area contributed by atoms with Gasteiger partial charge in [0.05, 0.1) is 17.5 Å². The Morgan fingerprint density at radius 1 is 1.38 bits per heavy atom. The quantitative estimate of drug-likeness (QED) is 0.829. The van der Waals surface area contributed by atoms with Crippen molar-refractivity contribution in [2.75, 3.05) is 5.32 Å². The van der Waals surface area contributed by atoms with Gasteiger partial charge in [-0.25, -0.2) is 4.79 Å². The van der Waals surface area contributed by atoms with Crippen molar-refractivity contribution in [3.05, 3.63) is 47.9 Å². The standard InChI is InChI=1S/C12H11NO3/c1-8-11(5-6-16-8)13-10-4-2-3-9(7-10)12(14)15/h2-7,13H,1H3,(H,14,15). The lowest BCUT2D eigenvalue weighted by Crippen LogP contribution is -1.97. The molecule has 0 bridgehead atoms. The smallest absolute Gasteiger partial charge is 0.335 e. The van der Waals surface area contributed by atoms with Gasteiger partial charge in [0, 0.05) is 11.8 Å². The van der Waals surface area contributed by atoms with Crippen molar-refractivity contribution >= 4 is 17.3 Å². The molecule has 0 aliphatic heterocycles. The number of carboxylic acid groups (broad SMARTS) is 1. The number of aryl methyl sites for hydroxylation is 1. The van der Waals surface area contributed by atoms with Gasteiger partial charge in [0.25, 0.3) is 0 Å². The molecule has 0 spiro atoms. The first-order valence-corrected chi connectivity index (χ1v) is 4.81. The van der Waals surface area contributed by atoms with Gasteiger partial charge in [0.2, 0.25) is 0 Å². The first-order chi connectivity index (χ1) is 7.66. The second-order valence-corrected chi connectivity index (χ2v) is 3.40. The molecular weight excluding hydrogens is 206 g/mol. The molecule has 1 aromatic heterocycles. The molecule has 0 atom stereocenters. The molecule has 0 aliphatic rings. The van der Waals surface area contributed by atoms with Crippen molar-refractivity contribution < 1.29 is 14.3 Å². The fourth-order valence-electron chi connectivity index (χ4n) is 1.40. The second-order valence-electron chi connectivity index (χ2n) is 3.40. The van der Waals surface area contributed by atoms with Crippen molar-refractivity contribution in [1.29, 1.82) is 0 Å². The molecule has 0 fully saturated rings. The SMILES string of the molecule is Cc1occc1Nc1cccc(C(=O)O)c1. The minimum atomic E-state index is -0.937. The van der Waals surface area contributed by atoms with E-state index in [9.17, 15) is 4.79 Å². The van der Waals surface area contributed by atoms with Crippen LogP contribution in [0.25, 0.3) is 0 Å². The third kappa shape index (κ3) is 2.06. The van der Waals surface area contributed by atoms with E-state index in [0.717, 1.165) is 17.1 Å². The van der Waals surface area contributed by atoms with Gasteiger partial charge in [-0.1, -0.05) is 6.07 Å². The summed E-state index contributed by atoms with van der Waals surface area (Å²) >= 11 is 0. The molecule has 1 aromatic carbocycles. The number of furan rings is 1. The summed E-state index contributed by atoms with van der Waals surface area (Å²) in [6.07, 6.45) is 1.58. The molecule has 4 heteroatoms. The fourth-order valence-corrected chi connectivity index (χ4v) is 1.40. The molecule has 1 heterocycles. The number of rotatable bonds is 3. The van der Waals surface area contributed by atoms with Crippen LogP contribution < -0.4 is 5.32 Å². The van der Waals surface area contributed by atoms with Crippen molar-refractivity contribution in [2.24, 2.45) is 0 Å². The Morgan fingerprint density at radius 3 is 2.81 bits per heavy atom. The second kappa shape index (κ2) is 4.10. The van der Waals surface area contributed by atoms with Crippen LogP contribution in [0.15, 0.2) is 41.0 Å². The first-order valence-electron chi connectivity index (χ1n) is 4.81. The van der Waals surface area contributed by atoms with E-state index in [1.807, 2.05) is 6.92 Å². The highest BCUT2D eigenvalue weighted by Crippen LogP contribution is 2.21. The monoisotopic (exact) mass is 217 g/mol. The van der Waals surface area contributed by atoms with Crippen LogP contribution in [0.3, 0.4) is 0 Å². The highest BCUT2D eigenvalue weighted by Gasteiger charge is 2.05. The van der Waals surface area contributed by atoms with Crippen molar-refractivity contribution in [3.63, 3.8) is 0 Å². The van der Waals surface area contributed by atoms with E-state index in [4.69, 9.17) is 9.52 Å². The van der Waals surface area contributed by atoms with Crippen molar-refractivity contribution in [1.82, 2.24) is 0 Å². The highest BCUT2D eigenvalue weighted by atomic mass is 16.4. The fraction of sp³-hybridized carbons (Fsp3) is 0.0833. The predicted molar refractivity (Wildman–Crippen MR) is 60.1 cm³/mol. The van der Waals surface area contributed by atoms with Crippen LogP contribution >= 0.6 is 0 Å². The summed E-state index contributed by atoms with van der Waals surface area (Å²) in [7, 11) is 0. The topological polar surface area (TPSA) is 62.5 Å². The lowest BCUT2D eigenvalue weighted by Gasteiger charge is -2.05. The minimum Gasteiger partial charge on any atom is -0.478 e. The Balaban J connectivity index is 2.25. The van der Waals surface area contributed by atoms with E-state index in [1.165, 1.54) is 0 Å². The molecule has 0 amide bonds. The van der Waals surface area contributed by atoms with Gasteiger partial charge in [-0.05, 0) is 25.1 Å². The maximum absolute atomic E-state index is 10.8. The maximum atomic E-state index is 10.8. The Hall–Kier alpha value is -2.23. The molecule has 0 saturated carbocycles. The van der Waals surface area contributed by atoms with E-state index in [2.05, 4.69) is 5.32 Å². The summed E-state index contributed by atoms with van der Waals surface area (Å²) in [6.45, 7) is 1.84.